The Morgan fingerprint density at radius 1 is 1.33 bits per heavy atom. The van der Waals surface area contributed by atoms with Crippen molar-refractivity contribution in [2.24, 2.45) is 11.7 Å². The zero-order chi connectivity index (χ0) is 14.8. The van der Waals surface area contributed by atoms with E-state index < -0.39 is 0 Å². The van der Waals surface area contributed by atoms with Crippen LogP contribution >= 0.6 is 0 Å². The molecule has 2 heterocycles. The summed E-state index contributed by atoms with van der Waals surface area (Å²) in [5.74, 6) is 1.65. The number of nitrogens with two attached hydrogens (primary N) is 1. The van der Waals surface area contributed by atoms with E-state index >= 15 is 0 Å². The molecule has 0 spiro atoms. The van der Waals surface area contributed by atoms with Crippen molar-refractivity contribution in [3.05, 3.63) is 23.8 Å². The van der Waals surface area contributed by atoms with Gasteiger partial charge in [0, 0.05) is 12.6 Å². The standard InChI is InChI=1S/C16H22N2O3/c1-11-5-6-12(9-17)10-18(11)16(19)13-3-2-4-14-15(13)21-8-7-20-14/h2-4,11-12H,5-10,17H2,1H3. The summed E-state index contributed by atoms with van der Waals surface area (Å²) in [6.07, 6.45) is 2.09. The zero-order valence-electron chi connectivity index (χ0n) is 12.4. The summed E-state index contributed by atoms with van der Waals surface area (Å²) in [7, 11) is 0. The van der Waals surface area contributed by atoms with Gasteiger partial charge in [-0.3, -0.25) is 4.79 Å². The molecule has 2 aliphatic heterocycles. The Bertz CT molecular complexity index is 532. The highest BCUT2D eigenvalue weighted by molar-refractivity contribution is 5.98. The fourth-order valence-electron chi connectivity index (χ4n) is 3.05. The maximum Gasteiger partial charge on any atom is 0.258 e. The van der Waals surface area contributed by atoms with Gasteiger partial charge in [-0.1, -0.05) is 6.07 Å². The van der Waals surface area contributed by atoms with Gasteiger partial charge in [0.15, 0.2) is 11.5 Å². The Kier molecular flexibility index (Phi) is 4.01. The molecule has 2 aliphatic rings. The minimum Gasteiger partial charge on any atom is -0.486 e. The van der Waals surface area contributed by atoms with Gasteiger partial charge in [0.2, 0.25) is 0 Å². The van der Waals surface area contributed by atoms with Crippen molar-refractivity contribution in [2.75, 3.05) is 26.3 Å². The molecule has 1 aromatic carbocycles. The van der Waals surface area contributed by atoms with E-state index in [2.05, 4.69) is 6.92 Å². The summed E-state index contributed by atoms with van der Waals surface area (Å²) in [5, 5.41) is 0. The number of para-hydroxylation sites is 1. The lowest BCUT2D eigenvalue weighted by Gasteiger charge is -2.38. The molecule has 1 fully saturated rings. The molecule has 0 bridgehead atoms. The third kappa shape index (κ3) is 2.70. The molecule has 0 radical (unpaired) electrons. The van der Waals surface area contributed by atoms with Crippen LogP contribution in [0.25, 0.3) is 0 Å². The average Bonchev–Trinajstić information content (AvgIpc) is 2.54. The van der Waals surface area contributed by atoms with Crippen LogP contribution in [0.15, 0.2) is 18.2 Å². The molecule has 2 N–H and O–H groups in total. The highest BCUT2D eigenvalue weighted by atomic mass is 16.6. The number of hydrogen-bond acceptors (Lipinski definition) is 4. The second-order valence-electron chi connectivity index (χ2n) is 5.82. The third-order valence-corrected chi connectivity index (χ3v) is 4.37. The SMILES string of the molecule is CC1CCC(CN)CN1C(=O)c1cccc2c1OCCO2. The quantitative estimate of drug-likeness (QED) is 0.899. The number of carbonyl (C=O) groups excluding carboxylic acids is 1. The molecule has 114 valence electrons. The lowest BCUT2D eigenvalue weighted by atomic mass is 9.93. The van der Waals surface area contributed by atoms with Crippen LogP contribution in [-0.2, 0) is 0 Å². The summed E-state index contributed by atoms with van der Waals surface area (Å²) in [6.45, 7) is 4.46. The van der Waals surface area contributed by atoms with E-state index in [1.807, 2.05) is 23.1 Å². The Labute approximate surface area is 125 Å². The molecule has 1 amide bonds. The first-order valence-corrected chi connectivity index (χ1v) is 7.60. The minimum absolute atomic E-state index is 0.0167. The van der Waals surface area contributed by atoms with Crippen LogP contribution in [0, 0.1) is 5.92 Å². The van der Waals surface area contributed by atoms with Crippen LogP contribution in [0.4, 0.5) is 0 Å². The first-order valence-electron chi connectivity index (χ1n) is 7.60. The second kappa shape index (κ2) is 5.93. The topological polar surface area (TPSA) is 64.8 Å². The summed E-state index contributed by atoms with van der Waals surface area (Å²) in [4.78, 5) is 14.8. The van der Waals surface area contributed by atoms with Crippen molar-refractivity contribution in [2.45, 2.75) is 25.8 Å². The largest absolute Gasteiger partial charge is 0.486 e. The second-order valence-corrected chi connectivity index (χ2v) is 5.82. The Balaban J connectivity index is 1.87. The van der Waals surface area contributed by atoms with Crippen molar-refractivity contribution in [1.29, 1.82) is 0 Å². The molecular weight excluding hydrogens is 268 g/mol. The molecule has 1 aromatic rings. The Morgan fingerprint density at radius 3 is 2.95 bits per heavy atom. The number of benzene rings is 1. The first-order chi connectivity index (χ1) is 10.2. The van der Waals surface area contributed by atoms with Gasteiger partial charge in [0.05, 0.1) is 5.56 Å². The number of likely N-dealkylation sites (tertiary alicyclic amines) is 1. The van der Waals surface area contributed by atoms with Crippen molar-refractivity contribution in [1.82, 2.24) is 4.90 Å². The van der Waals surface area contributed by atoms with Crippen LogP contribution in [0.1, 0.15) is 30.1 Å². The van der Waals surface area contributed by atoms with Crippen LogP contribution in [0.5, 0.6) is 11.5 Å². The molecule has 2 unspecified atom stereocenters. The fraction of sp³-hybridized carbons (Fsp3) is 0.562. The predicted octanol–water partition coefficient (Wildman–Crippen LogP) is 1.66. The summed E-state index contributed by atoms with van der Waals surface area (Å²) >= 11 is 0. The van der Waals surface area contributed by atoms with E-state index in [4.69, 9.17) is 15.2 Å². The van der Waals surface area contributed by atoms with Gasteiger partial charge in [0.1, 0.15) is 13.2 Å². The van der Waals surface area contributed by atoms with Crippen molar-refractivity contribution in [3.8, 4) is 11.5 Å². The summed E-state index contributed by atoms with van der Waals surface area (Å²) < 4.78 is 11.2. The summed E-state index contributed by atoms with van der Waals surface area (Å²) in [6, 6.07) is 5.73. The monoisotopic (exact) mass is 290 g/mol. The predicted molar refractivity (Wildman–Crippen MR) is 79.7 cm³/mol. The number of piperidine rings is 1. The van der Waals surface area contributed by atoms with Crippen molar-refractivity contribution >= 4 is 5.91 Å². The first kappa shape index (κ1) is 14.2. The van der Waals surface area contributed by atoms with Gasteiger partial charge in [-0.25, -0.2) is 0 Å². The van der Waals surface area contributed by atoms with Crippen LogP contribution in [0.3, 0.4) is 0 Å². The van der Waals surface area contributed by atoms with E-state index in [-0.39, 0.29) is 11.9 Å². The average molecular weight is 290 g/mol. The molecule has 5 heteroatoms. The van der Waals surface area contributed by atoms with Crippen molar-refractivity contribution in [3.63, 3.8) is 0 Å². The van der Waals surface area contributed by atoms with Gasteiger partial charge in [-0.15, -0.1) is 0 Å². The lowest BCUT2D eigenvalue weighted by Crippen LogP contribution is -2.47. The molecular formula is C16H22N2O3. The Morgan fingerprint density at radius 2 is 2.14 bits per heavy atom. The number of carbonyl (C=O) groups is 1. The number of fused-ring (bicyclic) bond motifs is 1. The van der Waals surface area contributed by atoms with Crippen LogP contribution in [-0.4, -0.2) is 43.2 Å². The molecule has 3 rings (SSSR count). The van der Waals surface area contributed by atoms with E-state index in [1.54, 1.807) is 0 Å². The van der Waals surface area contributed by atoms with Gasteiger partial charge in [-0.2, -0.15) is 0 Å². The van der Waals surface area contributed by atoms with E-state index in [1.165, 1.54) is 0 Å². The van der Waals surface area contributed by atoms with E-state index in [0.717, 1.165) is 19.4 Å². The van der Waals surface area contributed by atoms with Crippen molar-refractivity contribution < 1.29 is 14.3 Å². The highest BCUT2D eigenvalue weighted by Crippen LogP contribution is 2.35. The number of hydrogen-bond donors (Lipinski definition) is 1. The van der Waals surface area contributed by atoms with E-state index in [0.29, 0.717) is 42.7 Å². The molecule has 21 heavy (non-hydrogen) atoms. The number of ether oxygens (including phenoxy) is 2. The zero-order valence-corrected chi connectivity index (χ0v) is 12.4. The molecule has 0 aromatic heterocycles. The van der Waals surface area contributed by atoms with Crippen LogP contribution in [0.2, 0.25) is 0 Å². The normalized spacial score (nSPS) is 24.8. The lowest BCUT2D eigenvalue weighted by molar-refractivity contribution is 0.0558. The fourth-order valence-corrected chi connectivity index (χ4v) is 3.05. The highest BCUT2D eigenvalue weighted by Gasteiger charge is 2.31. The van der Waals surface area contributed by atoms with Gasteiger partial charge >= 0.3 is 0 Å². The van der Waals surface area contributed by atoms with Gasteiger partial charge in [-0.05, 0) is 44.4 Å². The molecule has 0 aliphatic carbocycles. The maximum absolute atomic E-state index is 12.9. The third-order valence-electron chi connectivity index (χ3n) is 4.37. The number of nitrogens with zero attached hydrogens (tertiary/aromatic N) is 1. The smallest absolute Gasteiger partial charge is 0.258 e. The molecule has 2 atom stereocenters. The summed E-state index contributed by atoms with van der Waals surface area (Å²) in [5.41, 5.74) is 6.37. The number of rotatable bonds is 2. The van der Waals surface area contributed by atoms with Gasteiger partial charge < -0.3 is 20.1 Å². The number of amides is 1. The van der Waals surface area contributed by atoms with Gasteiger partial charge in [0.25, 0.3) is 5.91 Å². The van der Waals surface area contributed by atoms with E-state index in [9.17, 15) is 4.79 Å². The maximum atomic E-state index is 12.9. The molecule has 1 saturated heterocycles. The van der Waals surface area contributed by atoms with Crippen LogP contribution < -0.4 is 15.2 Å². The minimum atomic E-state index is 0.0167. The molecule has 0 saturated carbocycles. The molecule has 5 nitrogen and oxygen atoms in total. The Hall–Kier alpha value is -1.75.